The van der Waals surface area contributed by atoms with Crippen LogP contribution in [0.5, 0.6) is 0 Å². The minimum atomic E-state index is -0.346. The van der Waals surface area contributed by atoms with Crippen molar-refractivity contribution in [1.82, 2.24) is 0 Å². The van der Waals surface area contributed by atoms with Gasteiger partial charge in [0.2, 0.25) is 0 Å². The molecule has 48 heavy (non-hydrogen) atoms. The lowest BCUT2D eigenvalue weighted by molar-refractivity contribution is 0.616. The summed E-state index contributed by atoms with van der Waals surface area (Å²) in [5.74, 6) is 0.819. The number of rotatable bonds is 6. The maximum absolute atomic E-state index is 4.56. The third-order valence-corrected chi connectivity index (χ3v) is 9.91. The average Bonchev–Trinajstić information content (AvgIpc) is 3.14. The van der Waals surface area contributed by atoms with Crippen LogP contribution >= 0.6 is 0 Å². The summed E-state index contributed by atoms with van der Waals surface area (Å²) in [5.41, 5.74) is 11.4. The van der Waals surface area contributed by atoms with Crippen molar-refractivity contribution in [2.75, 3.05) is 4.90 Å². The first-order chi connectivity index (χ1) is 23.5. The molecule has 0 saturated carbocycles. The number of aliphatic imine (C=N–C) groups is 1. The third kappa shape index (κ3) is 4.60. The van der Waals surface area contributed by atoms with Gasteiger partial charge in [0.05, 0.1) is 5.69 Å². The van der Waals surface area contributed by atoms with E-state index >= 15 is 0 Å². The predicted molar refractivity (Wildman–Crippen MR) is 206 cm³/mol. The summed E-state index contributed by atoms with van der Waals surface area (Å²) in [4.78, 5) is 6.77. The Balaban J connectivity index is 1.36. The van der Waals surface area contributed by atoms with Gasteiger partial charge in [-0.2, -0.15) is 0 Å². The fourth-order valence-electron chi connectivity index (χ4n) is 7.60. The number of hydrogen-bond donors (Lipinski definition) is 0. The van der Waals surface area contributed by atoms with Crippen LogP contribution in [0.1, 0.15) is 19.4 Å². The molecule has 7 aromatic carbocycles. The van der Waals surface area contributed by atoms with Crippen molar-refractivity contribution in [3.05, 3.63) is 181 Å². The SMILES string of the molecule is C=CC1=C(N=C)N(c2ccccc2)c2ccc(-c3c4ccccc4c(-c4ccc(-c5ccccc5)cc4)c4ccccc34)cc2C1(C)C. The van der Waals surface area contributed by atoms with Gasteiger partial charge in [-0.1, -0.05) is 154 Å². The number of benzene rings is 7. The second-order valence-electron chi connectivity index (χ2n) is 12.9. The van der Waals surface area contributed by atoms with E-state index in [1.54, 1.807) is 0 Å². The van der Waals surface area contributed by atoms with Crippen LogP contribution in [0.3, 0.4) is 0 Å². The van der Waals surface area contributed by atoms with Gasteiger partial charge in [0.1, 0.15) is 5.82 Å². The first-order valence-corrected chi connectivity index (χ1v) is 16.4. The summed E-state index contributed by atoms with van der Waals surface area (Å²) < 4.78 is 0. The summed E-state index contributed by atoms with van der Waals surface area (Å²) in [6, 6.07) is 54.6. The molecule has 8 rings (SSSR count). The Labute approximate surface area is 282 Å². The van der Waals surface area contributed by atoms with E-state index in [0.717, 1.165) is 22.8 Å². The normalized spacial score (nSPS) is 13.8. The van der Waals surface area contributed by atoms with Crippen LogP contribution in [0.4, 0.5) is 11.4 Å². The van der Waals surface area contributed by atoms with Gasteiger partial charge >= 0.3 is 0 Å². The Bertz CT molecular complexity index is 2320. The fourth-order valence-corrected chi connectivity index (χ4v) is 7.60. The molecule has 0 unspecified atom stereocenters. The maximum Gasteiger partial charge on any atom is 0.140 e. The van der Waals surface area contributed by atoms with Crippen molar-refractivity contribution in [1.29, 1.82) is 0 Å². The fraction of sp³-hybridized carbons (Fsp3) is 0.0652. The summed E-state index contributed by atoms with van der Waals surface area (Å²) in [6.45, 7) is 12.7. The van der Waals surface area contributed by atoms with Crippen LogP contribution in [0.25, 0.3) is 54.9 Å². The van der Waals surface area contributed by atoms with Gasteiger partial charge in [-0.25, -0.2) is 4.99 Å². The Hall–Kier alpha value is -5.99. The molecule has 0 atom stereocenters. The van der Waals surface area contributed by atoms with Crippen molar-refractivity contribution in [2.45, 2.75) is 19.3 Å². The third-order valence-electron chi connectivity index (χ3n) is 9.91. The zero-order valence-electron chi connectivity index (χ0n) is 27.3. The van der Waals surface area contributed by atoms with E-state index in [1.807, 2.05) is 12.1 Å². The van der Waals surface area contributed by atoms with Gasteiger partial charge in [0.25, 0.3) is 0 Å². The molecule has 230 valence electrons. The van der Waals surface area contributed by atoms with Crippen LogP contribution < -0.4 is 4.90 Å². The molecule has 2 nitrogen and oxygen atoms in total. The quantitative estimate of drug-likeness (QED) is 0.134. The summed E-state index contributed by atoms with van der Waals surface area (Å²) in [7, 11) is 0. The number of allylic oxidation sites excluding steroid dienone is 2. The lowest BCUT2D eigenvalue weighted by Crippen LogP contribution is -2.33. The van der Waals surface area contributed by atoms with Crippen molar-refractivity contribution >= 4 is 39.6 Å². The van der Waals surface area contributed by atoms with Gasteiger partial charge in [-0.3, -0.25) is 4.90 Å². The molecular formula is C46H36N2. The molecule has 0 aliphatic carbocycles. The zero-order chi connectivity index (χ0) is 32.8. The van der Waals surface area contributed by atoms with Gasteiger partial charge in [-0.15, -0.1) is 0 Å². The largest absolute Gasteiger partial charge is 0.295 e. The first kappa shape index (κ1) is 29.4. The van der Waals surface area contributed by atoms with Crippen LogP contribution in [0, 0.1) is 0 Å². The molecule has 7 aromatic rings. The second kappa shape index (κ2) is 11.7. The van der Waals surface area contributed by atoms with E-state index in [0.29, 0.717) is 0 Å². The average molecular weight is 617 g/mol. The standard InChI is InChI=1S/C46H36N2/c1-5-40-45(47-4)48(35-18-10-7-11-19-35)42-29-28-34(30-41(42)46(40,2)3)44-38-22-14-12-20-36(38)43(37-21-13-15-23-39(37)44)33-26-24-32(25-27-33)31-16-8-6-9-17-31/h5-30H,1,4H2,2-3H3. The molecule has 0 fully saturated rings. The Kier molecular flexibility index (Phi) is 7.15. The Morgan fingerprint density at radius 3 is 1.54 bits per heavy atom. The molecule has 2 heteroatoms. The number of hydrogen-bond acceptors (Lipinski definition) is 2. The van der Waals surface area contributed by atoms with Crippen molar-refractivity contribution in [3.8, 4) is 33.4 Å². The second-order valence-corrected chi connectivity index (χ2v) is 12.9. The lowest BCUT2D eigenvalue weighted by Gasteiger charge is -2.41. The predicted octanol–water partition coefficient (Wildman–Crippen LogP) is 12.5. The van der Waals surface area contributed by atoms with E-state index in [9.17, 15) is 0 Å². The Morgan fingerprint density at radius 2 is 1.00 bits per heavy atom. The van der Waals surface area contributed by atoms with Crippen LogP contribution in [-0.4, -0.2) is 6.72 Å². The van der Waals surface area contributed by atoms with E-state index < -0.39 is 0 Å². The first-order valence-electron chi connectivity index (χ1n) is 16.4. The topological polar surface area (TPSA) is 15.6 Å². The number of fused-ring (bicyclic) bond motifs is 3. The molecule has 0 N–H and O–H groups in total. The van der Waals surface area contributed by atoms with E-state index in [1.165, 1.54) is 60.5 Å². The molecule has 0 spiro atoms. The molecule has 0 amide bonds. The summed E-state index contributed by atoms with van der Waals surface area (Å²) in [5, 5.41) is 4.96. The molecule has 0 aromatic heterocycles. The van der Waals surface area contributed by atoms with Gasteiger partial charge in [-0.05, 0) is 91.5 Å². The number of nitrogens with zero attached hydrogens (tertiary/aromatic N) is 2. The van der Waals surface area contributed by atoms with Crippen LogP contribution in [0.15, 0.2) is 181 Å². The molecule has 1 aliphatic heterocycles. The molecule has 1 heterocycles. The summed E-state index contributed by atoms with van der Waals surface area (Å²) >= 11 is 0. The van der Waals surface area contributed by atoms with E-state index in [4.69, 9.17) is 0 Å². The molecule has 1 aliphatic rings. The minimum absolute atomic E-state index is 0.346. The maximum atomic E-state index is 4.56. The van der Waals surface area contributed by atoms with Crippen LogP contribution in [-0.2, 0) is 5.41 Å². The smallest absolute Gasteiger partial charge is 0.140 e. The number of para-hydroxylation sites is 1. The van der Waals surface area contributed by atoms with Crippen LogP contribution in [0.2, 0.25) is 0 Å². The molecular weight excluding hydrogens is 581 g/mol. The molecule has 0 bridgehead atoms. The monoisotopic (exact) mass is 616 g/mol. The van der Waals surface area contributed by atoms with Crippen molar-refractivity contribution in [3.63, 3.8) is 0 Å². The van der Waals surface area contributed by atoms with Crippen molar-refractivity contribution in [2.24, 2.45) is 4.99 Å². The Morgan fingerprint density at radius 1 is 0.542 bits per heavy atom. The van der Waals surface area contributed by atoms with Gasteiger partial charge in [0.15, 0.2) is 0 Å². The summed E-state index contributed by atoms with van der Waals surface area (Å²) in [6.07, 6.45) is 1.94. The highest BCUT2D eigenvalue weighted by atomic mass is 15.2. The molecule has 0 saturated heterocycles. The highest BCUT2D eigenvalue weighted by molar-refractivity contribution is 6.21. The lowest BCUT2D eigenvalue weighted by atomic mass is 9.73. The van der Waals surface area contributed by atoms with E-state index in [-0.39, 0.29) is 5.41 Å². The molecule has 0 radical (unpaired) electrons. The van der Waals surface area contributed by atoms with Gasteiger partial charge < -0.3 is 0 Å². The zero-order valence-corrected chi connectivity index (χ0v) is 27.3. The number of anilines is 2. The van der Waals surface area contributed by atoms with Gasteiger partial charge in [0, 0.05) is 16.7 Å². The highest BCUT2D eigenvalue weighted by Crippen LogP contribution is 2.51. The minimum Gasteiger partial charge on any atom is -0.295 e. The van der Waals surface area contributed by atoms with Crippen molar-refractivity contribution < 1.29 is 0 Å². The highest BCUT2D eigenvalue weighted by Gasteiger charge is 2.38. The van der Waals surface area contributed by atoms with E-state index in [2.05, 4.69) is 183 Å².